The van der Waals surface area contributed by atoms with Gasteiger partial charge in [0, 0.05) is 6.54 Å². The van der Waals surface area contributed by atoms with Crippen LogP contribution in [0.4, 0.5) is 0 Å². The number of fused-ring (bicyclic) bond motifs is 1. The molecule has 3 rings (SSSR count). The molecular weight excluding hydrogens is 336 g/mol. The van der Waals surface area contributed by atoms with Crippen molar-refractivity contribution >= 4 is 15.9 Å². The van der Waals surface area contributed by atoms with E-state index >= 15 is 0 Å². The Kier molecular flexibility index (Phi) is 4.92. The van der Waals surface area contributed by atoms with Gasteiger partial charge in [-0.2, -0.15) is 4.31 Å². The van der Waals surface area contributed by atoms with E-state index in [1.54, 1.807) is 12.1 Å². The number of carbonyl (C=O) groups is 1. The third-order valence-corrected chi connectivity index (χ3v) is 6.47. The largest absolute Gasteiger partial charge is 0.368 e. The van der Waals surface area contributed by atoms with Gasteiger partial charge in [0.05, 0.1) is 4.90 Å². The molecule has 2 N–H and O–H groups in total. The molecule has 0 fully saturated rings. The van der Waals surface area contributed by atoms with Crippen LogP contribution in [0.15, 0.2) is 53.4 Å². The molecule has 5 nitrogen and oxygen atoms in total. The third kappa shape index (κ3) is 3.45. The van der Waals surface area contributed by atoms with E-state index in [2.05, 4.69) is 6.92 Å². The van der Waals surface area contributed by atoms with Gasteiger partial charge in [-0.15, -0.1) is 0 Å². The topological polar surface area (TPSA) is 80.5 Å². The minimum atomic E-state index is -3.80. The summed E-state index contributed by atoms with van der Waals surface area (Å²) in [5, 5.41) is 0. The van der Waals surface area contributed by atoms with E-state index in [0.717, 1.165) is 29.5 Å². The maximum atomic E-state index is 13.1. The summed E-state index contributed by atoms with van der Waals surface area (Å²) in [5.41, 5.74) is 8.48. The van der Waals surface area contributed by atoms with Gasteiger partial charge < -0.3 is 5.73 Å². The number of nitrogens with two attached hydrogens (primary N) is 1. The van der Waals surface area contributed by atoms with Gasteiger partial charge in [-0.1, -0.05) is 49.7 Å². The van der Waals surface area contributed by atoms with E-state index < -0.39 is 22.0 Å². The molecule has 0 aromatic heterocycles. The van der Waals surface area contributed by atoms with Crippen LogP contribution in [0.1, 0.15) is 30.0 Å². The Labute approximate surface area is 148 Å². The van der Waals surface area contributed by atoms with E-state index in [1.165, 1.54) is 4.31 Å². The summed E-state index contributed by atoms with van der Waals surface area (Å²) < 4.78 is 27.4. The second kappa shape index (κ2) is 6.98. The zero-order valence-corrected chi connectivity index (χ0v) is 15.0. The first-order valence-corrected chi connectivity index (χ1v) is 9.84. The van der Waals surface area contributed by atoms with E-state index in [0.29, 0.717) is 6.42 Å². The van der Waals surface area contributed by atoms with E-state index in [4.69, 9.17) is 5.73 Å². The number of nitrogens with zero attached hydrogens (tertiary/aromatic N) is 1. The Balaban J connectivity index is 1.98. The Morgan fingerprint density at radius 2 is 1.76 bits per heavy atom. The molecule has 0 unspecified atom stereocenters. The fourth-order valence-electron chi connectivity index (χ4n) is 3.25. The van der Waals surface area contributed by atoms with Crippen molar-refractivity contribution in [3.05, 3.63) is 65.2 Å². The van der Waals surface area contributed by atoms with E-state index in [1.807, 2.05) is 36.4 Å². The number of aryl methyl sites for hydroxylation is 1. The highest BCUT2D eigenvalue weighted by Crippen LogP contribution is 2.29. The van der Waals surface area contributed by atoms with Crippen molar-refractivity contribution in [1.29, 1.82) is 0 Å². The van der Waals surface area contributed by atoms with E-state index in [-0.39, 0.29) is 11.4 Å². The summed E-state index contributed by atoms with van der Waals surface area (Å²) in [4.78, 5) is 12.1. The monoisotopic (exact) mass is 358 g/mol. The van der Waals surface area contributed by atoms with Crippen molar-refractivity contribution in [1.82, 2.24) is 4.31 Å². The Morgan fingerprint density at radius 3 is 2.36 bits per heavy atom. The highest BCUT2D eigenvalue weighted by molar-refractivity contribution is 7.89. The number of carbonyl (C=O) groups excluding carboxylic acids is 1. The second-order valence-electron chi connectivity index (χ2n) is 6.34. The minimum Gasteiger partial charge on any atom is -0.368 e. The SMILES string of the molecule is CCCc1ccc(S(=O)(=O)N2Cc3ccccc3C[C@H]2C(N)=O)cc1. The number of primary amides is 1. The molecule has 0 radical (unpaired) electrons. The van der Waals surface area contributed by atoms with Gasteiger partial charge in [-0.3, -0.25) is 4.79 Å². The quantitative estimate of drug-likeness (QED) is 0.890. The van der Waals surface area contributed by atoms with Crippen LogP contribution in [0.25, 0.3) is 0 Å². The van der Waals surface area contributed by atoms with E-state index in [9.17, 15) is 13.2 Å². The van der Waals surface area contributed by atoms with Crippen molar-refractivity contribution in [3.8, 4) is 0 Å². The predicted molar refractivity (Wildman–Crippen MR) is 96.3 cm³/mol. The van der Waals surface area contributed by atoms with Crippen LogP contribution in [0.5, 0.6) is 0 Å². The fourth-order valence-corrected chi connectivity index (χ4v) is 4.82. The van der Waals surface area contributed by atoms with Crippen LogP contribution in [-0.2, 0) is 34.2 Å². The standard InChI is InChI=1S/C19H22N2O3S/c1-2-5-14-8-10-17(11-9-14)25(23,24)21-13-16-7-4-3-6-15(16)12-18(21)19(20)22/h3-4,6-11,18H,2,5,12-13H2,1H3,(H2,20,22)/t18-/m0/s1. The van der Waals surface area contributed by atoms with Crippen LogP contribution < -0.4 is 5.73 Å². The molecule has 132 valence electrons. The molecular formula is C19H22N2O3S. The summed E-state index contributed by atoms with van der Waals surface area (Å²) in [6, 6.07) is 13.6. The average Bonchev–Trinajstić information content (AvgIpc) is 2.61. The smallest absolute Gasteiger partial charge is 0.244 e. The lowest BCUT2D eigenvalue weighted by atomic mass is 9.96. The number of hydrogen-bond donors (Lipinski definition) is 1. The summed E-state index contributed by atoms with van der Waals surface area (Å²) in [7, 11) is -3.80. The zero-order valence-electron chi connectivity index (χ0n) is 14.2. The van der Waals surface area contributed by atoms with Crippen molar-refractivity contribution in [3.63, 3.8) is 0 Å². The first-order valence-electron chi connectivity index (χ1n) is 8.40. The molecule has 1 atom stereocenters. The van der Waals surface area contributed by atoms with Crippen LogP contribution in [0.2, 0.25) is 0 Å². The molecule has 6 heteroatoms. The second-order valence-corrected chi connectivity index (χ2v) is 8.23. The highest BCUT2D eigenvalue weighted by Gasteiger charge is 2.38. The Bertz CT molecular complexity index is 876. The molecule has 0 spiro atoms. The van der Waals surface area contributed by atoms with Gasteiger partial charge in [-0.05, 0) is 41.7 Å². The number of amides is 1. The highest BCUT2D eigenvalue weighted by atomic mass is 32.2. The Morgan fingerprint density at radius 1 is 1.12 bits per heavy atom. The third-order valence-electron chi connectivity index (χ3n) is 4.60. The number of hydrogen-bond acceptors (Lipinski definition) is 3. The number of rotatable bonds is 5. The minimum absolute atomic E-state index is 0.156. The van der Waals surface area contributed by atoms with Gasteiger partial charge in [0.25, 0.3) is 0 Å². The lowest BCUT2D eigenvalue weighted by Gasteiger charge is -2.34. The van der Waals surface area contributed by atoms with Crippen molar-refractivity contribution in [2.24, 2.45) is 5.73 Å². The van der Waals surface area contributed by atoms with Crippen LogP contribution >= 0.6 is 0 Å². The summed E-state index contributed by atoms with van der Waals surface area (Å²) in [6.07, 6.45) is 2.21. The van der Waals surface area contributed by atoms with Crippen LogP contribution in [0, 0.1) is 0 Å². The van der Waals surface area contributed by atoms with Crippen molar-refractivity contribution in [2.75, 3.05) is 0 Å². The molecule has 0 bridgehead atoms. The van der Waals surface area contributed by atoms with Crippen molar-refractivity contribution in [2.45, 2.75) is 43.7 Å². The lowest BCUT2D eigenvalue weighted by Crippen LogP contribution is -2.50. The lowest BCUT2D eigenvalue weighted by molar-refractivity contribution is -0.122. The van der Waals surface area contributed by atoms with Gasteiger partial charge in [0.2, 0.25) is 15.9 Å². The molecule has 0 saturated heterocycles. The predicted octanol–water partition coefficient (Wildman–Crippen LogP) is 2.24. The average molecular weight is 358 g/mol. The molecule has 2 aromatic carbocycles. The molecule has 2 aromatic rings. The molecule has 0 aliphatic carbocycles. The van der Waals surface area contributed by atoms with Crippen LogP contribution in [-0.4, -0.2) is 24.7 Å². The van der Waals surface area contributed by atoms with Crippen molar-refractivity contribution < 1.29 is 13.2 Å². The number of sulfonamides is 1. The summed E-state index contributed by atoms with van der Waals surface area (Å²) in [5.74, 6) is -0.624. The van der Waals surface area contributed by atoms with Gasteiger partial charge in [-0.25, -0.2) is 8.42 Å². The molecule has 0 saturated carbocycles. The van der Waals surface area contributed by atoms with Gasteiger partial charge in [0.15, 0.2) is 0 Å². The summed E-state index contributed by atoms with van der Waals surface area (Å²) >= 11 is 0. The molecule has 1 aliphatic rings. The maximum absolute atomic E-state index is 13.1. The maximum Gasteiger partial charge on any atom is 0.244 e. The van der Waals surface area contributed by atoms with Crippen LogP contribution in [0.3, 0.4) is 0 Å². The van der Waals surface area contributed by atoms with Gasteiger partial charge in [0.1, 0.15) is 6.04 Å². The molecule has 1 amide bonds. The first-order chi connectivity index (χ1) is 11.9. The first kappa shape index (κ1) is 17.6. The Hall–Kier alpha value is -2.18. The normalized spacial score (nSPS) is 17.9. The summed E-state index contributed by atoms with van der Waals surface area (Å²) in [6.45, 7) is 2.23. The molecule has 1 aliphatic heterocycles. The molecule has 25 heavy (non-hydrogen) atoms. The number of benzene rings is 2. The molecule has 1 heterocycles. The fraction of sp³-hybridized carbons (Fsp3) is 0.316. The zero-order chi connectivity index (χ0) is 18.0. The van der Waals surface area contributed by atoms with Gasteiger partial charge >= 0.3 is 0 Å².